The van der Waals surface area contributed by atoms with E-state index in [2.05, 4.69) is 17.0 Å². The van der Waals surface area contributed by atoms with Gasteiger partial charge in [-0.25, -0.2) is 13.2 Å². The lowest BCUT2D eigenvalue weighted by Gasteiger charge is -2.26. The zero-order chi connectivity index (χ0) is 29.1. The Morgan fingerprint density at radius 3 is 2.34 bits per heavy atom. The van der Waals surface area contributed by atoms with Gasteiger partial charge >= 0.3 is 11.9 Å². The summed E-state index contributed by atoms with van der Waals surface area (Å²) in [6, 6.07) is 18.6. The molecule has 41 heavy (non-hydrogen) atoms. The first-order valence-electron chi connectivity index (χ1n) is 14.2. The number of carbonyl (C=O) groups is 2. The van der Waals surface area contributed by atoms with Gasteiger partial charge in [-0.1, -0.05) is 37.3 Å². The predicted octanol–water partition coefficient (Wildman–Crippen LogP) is 5.38. The Labute approximate surface area is 241 Å². The van der Waals surface area contributed by atoms with Gasteiger partial charge in [0.15, 0.2) is 0 Å². The maximum absolute atomic E-state index is 13.9. The number of ether oxygens (including phenoxy) is 2. The zero-order valence-electron chi connectivity index (χ0n) is 23.7. The number of anilines is 2. The van der Waals surface area contributed by atoms with Crippen molar-refractivity contribution in [3.05, 3.63) is 83.4 Å². The predicted molar refractivity (Wildman–Crippen MR) is 158 cm³/mol. The largest absolute Gasteiger partial charge is 0.464 e. The average molecular weight is 577 g/mol. The fourth-order valence-electron chi connectivity index (χ4n) is 5.69. The normalized spacial score (nSPS) is 17.3. The van der Waals surface area contributed by atoms with Gasteiger partial charge in [0.2, 0.25) is 0 Å². The molecule has 0 radical (unpaired) electrons. The van der Waals surface area contributed by atoms with Gasteiger partial charge in [-0.2, -0.15) is 0 Å². The molecule has 0 N–H and O–H groups in total. The third kappa shape index (κ3) is 5.68. The summed E-state index contributed by atoms with van der Waals surface area (Å²) in [7, 11) is -4.12. The molecule has 1 fully saturated rings. The van der Waals surface area contributed by atoms with Crippen molar-refractivity contribution < 1.29 is 27.5 Å². The van der Waals surface area contributed by atoms with Crippen LogP contribution in [0.2, 0.25) is 0 Å². The van der Waals surface area contributed by atoms with Crippen LogP contribution in [-0.2, 0) is 30.8 Å². The number of hydrogen-bond acceptors (Lipinski definition) is 7. The van der Waals surface area contributed by atoms with E-state index >= 15 is 0 Å². The van der Waals surface area contributed by atoms with Gasteiger partial charge in [0.25, 0.3) is 10.0 Å². The van der Waals surface area contributed by atoms with E-state index < -0.39 is 33.9 Å². The summed E-state index contributed by atoms with van der Waals surface area (Å²) in [5.41, 5.74) is 3.76. The monoisotopic (exact) mass is 576 g/mol. The molecule has 2 atom stereocenters. The molecule has 2 aliphatic rings. The second-order valence-corrected chi connectivity index (χ2v) is 12.3. The van der Waals surface area contributed by atoms with Crippen molar-refractivity contribution in [1.82, 2.24) is 0 Å². The molecule has 2 heterocycles. The van der Waals surface area contributed by atoms with E-state index in [0.29, 0.717) is 23.4 Å². The first-order chi connectivity index (χ1) is 19.7. The summed E-state index contributed by atoms with van der Waals surface area (Å²) < 4.78 is 39.9. The van der Waals surface area contributed by atoms with Crippen molar-refractivity contribution in [3.63, 3.8) is 0 Å². The first-order valence-corrected chi connectivity index (χ1v) is 15.6. The maximum Gasteiger partial charge on any atom is 0.330 e. The Morgan fingerprint density at radius 2 is 1.68 bits per heavy atom. The van der Waals surface area contributed by atoms with Gasteiger partial charge in [-0.3, -0.25) is 9.10 Å². The van der Waals surface area contributed by atoms with Crippen LogP contribution in [-0.4, -0.2) is 46.1 Å². The fourth-order valence-corrected chi connectivity index (χ4v) is 7.42. The van der Waals surface area contributed by atoms with Crippen molar-refractivity contribution in [1.29, 1.82) is 0 Å². The van der Waals surface area contributed by atoms with Crippen molar-refractivity contribution in [3.8, 4) is 5.75 Å². The number of hydrogen-bond donors (Lipinski definition) is 0. The number of aryl methyl sites for hydroxylation is 1. The molecule has 1 saturated heterocycles. The lowest BCUT2D eigenvalue weighted by atomic mass is 9.96. The molecular weight excluding hydrogens is 540 g/mol. The molecule has 8 nitrogen and oxygen atoms in total. The van der Waals surface area contributed by atoms with E-state index in [1.807, 2.05) is 31.2 Å². The van der Waals surface area contributed by atoms with Crippen LogP contribution in [0.25, 0.3) is 0 Å². The van der Waals surface area contributed by atoms with Gasteiger partial charge in [0.05, 0.1) is 23.1 Å². The van der Waals surface area contributed by atoms with E-state index in [9.17, 15) is 18.0 Å². The molecule has 216 valence electrons. The minimum atomic E-state index is -4.12. The van der Waals surface area contributed by atoms with E-state index in [1.165, 1.54) is 31.0 Å². The lowest BCUT2D eigenvalue weighted by Crippen LogP contribution is -2.43. The second-order valence-electron chi connectivity index (χ2n) is 10.5. The van der Waals surface area contributed by atoms with Crippen molar-refractivity contribution >= 4 is 33.3 Å². The first kappa shape index (κ1) is 28.7. The summed E-state index contributed by atoms with van der Waals surface area (Å²) in [5.74, 6) is -1.13. The number of sulfonamides is 1. The summed E-state index contributed by atoms with van der Waals surface area (Å²) in [6.07, 6.45) is 3.20. The Hall–Kier alpha value is -3.85. The molecule has 0 aliphatic carbocycles. The molecular formula is C32H36N2O6S. The molecule has 0 saturated carbocycles. The molecule has 0 aromatic heterocycles. The Kier molecular flexibility index (Phi) is 8.35. The van der Waals surface area contributed by atoms with Crippen LogP contribution in [0, 0.1) is 6.92 Å². The second kappa shape index (κ2) is 11.9. The SMILES string of the molecule is CCOC(=O)C1Cc2ccccc2N1S(=O)(=O)c1ccc(OC(=O)[C@@H](CC)c2ccc(N3CCCC3)cc2)c(C)c1. The molecule has 3 aromatic rings. The Morgan fingerprint density at radius 1 is 0.976 bits per heavy atom. The van der Waals surface area contributed by atoms with Crippen molar-refractivity contribution in [2.75, 3.05) is 28.9 Å². The smallest absolute Gasteiger partial charge is 0.330 e. The molecule has 1 unspecified atom stereocenters. The quantitative estimate of drug-likeness (QED) is 0.250. The van der Waals surface area contributed by atoms with Gasteiger partial charge in [-0.05, 0) is 86.2 Å². The van der Waals surface area contributed by atoms with Crippen LogP contribution in [0.1, 0.15) is 55.7 Å². The molecule has 5 rings (SSSR count). The minimum Gasteiger partial charge on any atom is -0.464 e. The van der Waals surface area contributed by atoms with Crippen LogP contribution >= 0.6 is 0 Å². The van der Waals surface area contributed by atoms with Gasteiger partial charge in [-0.15, -0.1) is 0 Å². The fraction of sp³-hybridized carbons (Fsp3) is 0.375. The van der Waals surface area contributed by atoms with Crippen molar-refractivity contribution in [2.24, 2.45) is 0 Å². The molecule has 0 spiro atoms. The third-order valence-corrected chi connectivity index (χ3v) is 9.68. The summed E-state index contributed by atoms with van der Waals surface area (Å²) in [4.78, 5) is 28.3. The third-order valence-electron chi connectivity index (χ3n) is 7.86. The summed E-state index contributed by atoms with van der Waals surface area (Å²) >= 11 is 0. The summed E-state index contributed by atoms with van der Waals surface area (Å²) in [6.45, 7) is 7.59. The lowest BCUT2D eigenvalue weighted by molar-refractivity contribution is -0.144. The minimum absolute atomic E-state index is 0.00495. The highest BCUT2D eigenvalue weighted by molar-refractivity contribution is 7.93. The molecule has 9 heteroatoms. The highest BCUT2D eigenvalue weighted by Crippen LogP contribution is 2.38. The van der Waals surface area contributed by atoms with Gasteiger partial charge in [0, 0.05) is 25.2 Å². The number of benzene rings is 3. The number of nitrogens with zero attached hydrogens (tertiary/aromatic N) is 2. The maximum atomic E-state index is 13.9. The van der Waals surface area contributed by atoms with Crippen LogP contribution < -0.4 is 13.9 Å². The number of fused-ring (bicyclic) bond motifs is 1. The Bertz CT molecular complexity index is 1530. The highest BCUT2D eigenvalue weighted by atomic mass is 32.2. The standard InChI is InChI=1S/C32H36N2O6S/c1-4-27(23-12-14-25(15-13-23)33-18-8-9-19-33)31(35)40-30-17-16-26(20-22(30)3)41(37,38)34-28-11-7-6-10-24(28)21-29(34)32(36)39-5-2/h6-7,10-17,20,27,29H,4-5,8-9,18-19,21H2,1-3H3/t27-,29?/m0/s1. The van der Waals surface area contributed by atoms with Crippen LogP contribution in [0.4, 0.5) is 11.4 Å². The molecule has 0 amide bonds. The van der Waals surface area contributed by atoms with E-state index in [0.717, 1.165) is 34.2 Å². The number of esters is 2. The number of carbonyl (C=O) groups excluding carboxylic acids is 2. The zero-order valence-corrected chi connectivity index (χ0v) is 24.5. The van der Waals surface area contributed by atoms with Gasteiger partial charge < -0.3 is 14.4 Å². The molecule has 0 bridgehead atoms. The van der Waals surface area contributed by atoms with E-state index in [-0.39, 0.29) is 17.9 Å². The summed E-state index contributed by atoms with van der Waals surface area (Å²) in [5, 5.41) is 0. The van der Waals surface area contributed by atoms with E-state index in [4.69, 9.17) is 9.47 Å². The van der Waals surface area contributed by atoms with Crippen LogP contribution in [0.15, 0.2) is 71.6 Å². The highest BCUT2D eigenvalue weighted by Gasteiger charge is 2.43. The van der Waals surface area contributed by atoms with Crippen molar-refractivity contribution in [2.45, 2.75) is 63.3 Å². The van der Waals surface area contributed by atoms with Gasteiger partial charge in [0.1, 0.15) is 11.8 Å². The van der Waals surface area contributed by atoms with Crippen LogP contribution in [0.3, 0.4) is 0 Å². The Balaban J connectivity index is 1.36. The van der Waals surface area contributed by atoms with E-state index in [1.54, 1.807) is 26.0 Å². The molecule has 2 aliphatic heterocycles. The van der Waals surface area contributed by atoms with Crippen LogP contribution in [0.5, 0.6) is 5.75 Å². The topological polar surface area (TPSA) is 93.2 Å². The molecule has 3 aromatic carbocycles. The number of para-hydroxylation sites is 1. The number of rotatable bonds is 9. The average Bonchev–Trinajstić information content (AvgIpc) is 3.64.